The number of hydrogen-bond donors (Lipinski definition) is 1. The van der Waals surface area contributed by atoms with Crippen molar-refractivity contribution in [2.75, 3.05) is 20.2 Å². The molecule has 0 amide bonds. The van der Waals surface area contributed by atoms with Crippen molar-refractivity contribution in [3.05, 3.63) is 35.6 Å². The average Bonchev–Trinajstić information content (AvgIpc) is 2.87. The summed E-state index contributed by atoms with van der Waals surface area (Å²) in [6, 6.07) is 6.98. The largest absolute Gasteiger partial charge is 0.396 e. The van der Waals surface area contributed by atoms with Crippen LogP contribution in [0.3, 0.4) is 0 Å². The maximum absolute atomic E-state index is 13.8. The predicted molar refractivity (Wildman–Crippen MR) is 75.4 cm³/mol. The molecule has 106 valence electrons. The van der Waals surface area contributed by atoms with Crippen molar-refractivity contribution in [1.82, 2.24) is 4.90 Å². The second-order valence-corrected chi connectivity index (χ2v) is 5.98. The Bertz CT molecular complexity index is 415. The topological polar surface area (TPSA) is 23.5 Å². The third-order valence-corrected chi connectivity index (χ3v) is 4.60. The molecule has 3 heteroatoms. The summed E-state index contributed by atoms with van der Waals surface area (Å²) < 4.78 is 13.8. The molecule has 0 bridgehead atoms. The zero-order valence-electron chi connectivity index (χ0n) is 11.9. The van der Waals surface area contributed by atoms with Gasteiger partial charge in [-0.3, -0.25) is 4.90 Å². The lowest BCUT2D eigenvalue weighted by atomic mass is 9.86. The Morgan fingerprint density at radius 3 is 2.53 bits per heavy atom. The van der Waals surface area contributed by atoms with Crippen LogP contribution in [-0.2, 0) is 0 Å². The molecule has 0 aliphatic heterocycles. The first-order chi connectivity index (χ1) is 9.08. The second-order valence-electron chi connectivity index (χ2n) is 5.98. The van der Waals surface area contributed by atoms with Crippen LogP contribution in [0.25, 0.3) is 0 Å². The van der Waals surface area contributed by atoms with E-state index in [0.717, 1.165) is 24.9 Å². The molecule has 1 aliphatic rings. The highest BCUT2D eigenvalue weighted by atomic mass is 19.1. The second kappa shape index (κ2) is 6.02. The maximum Gasteiger partial charge on any atom is 0.127 e. The minimum Gasteiger partial charge on any atom is -0.396 e. The highest BCUT2D eigenvalue weighted by Crippen LogP contribution is 2.39. The summed E-state index contributed by atoms with van der Waals surface area (Å²) in [4.78, 5) is 2.17. The van der Waals surface area contributed by atoms with Gasteiger partial charge in [-0.25, -0.2) is 4.39 Å². The fourth-order valence-electron chi connectivity index (χ4n) is 3.21. The third-order valence-electron chi connectivity index (χ3n) is 4.60. The number of rotatable bonds is 5. The molecule has 1 unspecified atom stereocenters. The van der Waals surface area contributed by atoms with Gasteiger partial charge in [0.05, 0.1) is 0 Å². The maximum atomic E-state index is 13.8. The number of aliphatic hydroxyl groups excluding tert-OH is 1. The van der Waals surface area contributed by atoms with Crippen molar-refractivity contribution in [3.8, 4) is 0 Å². The van der Waals surface area contributed by atoms with E-state index in [1.165, 1.54) is 18.9 Å². The van der Waals surface area contributed by atoms with E-state index in [2.05, 4.69) is 4.90 Å². The molecule has 1 saturated carbocycles. The fourth-order valence-corrected chi connectivity index (χ4v) is 3.21. The van der Waals surface area contributed by atoms with Crippen molar-refractivity contribution >= 4 is 0 Å². The third kappa shape index (κ3) is 3.15. The molecule has 1 aromatic carbocycles. The monoisotopic (exact) mass is 265 g/mol. The Kier molecular flexibility index (Phi) is 4.58. The van der Waals surface area contributed by atoms with Crippen LogP contribution in [0.1, 0.15) is 44.2 Å². The molecule has 0 radical (unpaired) electrons. The lowest BCUT2D eigenvalue weighted by molar-refractivity contribution is 0.0739. The van der Waals surface area contributed by atoms with Crippen LogP contribution in [-0.4, -0.2) is 30.2 Å². The standard InChI is InChI=1S/C16H24FNO/c1-13(14-7-3-4-8-15(14)17)18(2)11-16(12-19)9-5-6-10-16/h3-4,7-8,13,19H,5-6,9-12H2,1-2H3. The van der Waals surface area contributed by atoms with Gasteiger partial charge in [0.15, 0.2) is 0 Å². The highest BCUT2D eigenvalue weighted by molar-refractivity contribution is 5.20. The lowest BCUT2D eigenvalue weighted by Gasteiger charge is -2.35. The lowest BCUT2D eigenvalue weighted by Crippen LogP contribution is -2.37. The number of benzene rings is 1. The van der Waals surface area contributed by atoms with E-state index in [0.29, 0.717) is 0 Å². The van der Waals surface area contributed by atoms with Gasteiger partial charge in [-0.1, -0.05) is 31.0 Å². The minimum atomic E-state index is -0.147. The van der Waals surface area contributed by atoms with Crippen LogP contribution in [0.4, 0.5) is 4.39 Å². The zero-order chi connectivity index (χ0) is 13.9. The summed E-state index contributed by atoms with van der Waals surface area (Å²) in [6.45, 7) is 3.10. The van der Waals surface area contributed by atoms with Crippen LogP contribution in [0, 0.1) is 11.2 Å². The van der Waals surface area contributed by atoms with Crippen molar-refractivity contribution in [3.63, 3.8) is 0 Å². The number of halogens is 1. The molecule has 0 aromatic heterocycles. The van der Waals surface area contributed by atoms with E-state index in [-0.39, 0.29) is 23.9 Å². The highest BCUT2D eigenvalue weighted by Gasteiger charge is 2.35. The molecular formula is C16H24FNO. The Balaban J connectivity index is 2.07. The van der Waals surface area contributed by atoms with E-state index in [4.69, 9.17) is 0 Å². The van der Waals surface area contributed by atoms with Gasteiger partial charge >= 0.3 is 0 Å². The van der Waals surface area contributed by atoms with E-state index in [1.54, 1.807) is 6.07 Å². The molecule has 1 atom stereocenters. The SMILES string of the molecule is CC(c1ccccc1F)N(C)CC1(CO)CCCC1. The van der Waals surface area contributed by atoms with Crippen molar-refractivity contribution in [1.29, 1.82) is 0 Å². The Hall–Kier alpha value is -0.930. The molecule has 1 aromatic rings. The van der Waals surface area contributed by atoms with Gasteiger partial charge in [0.1, 0.15) is 5.82 Å². The summed E-state index contributed by atoms with van der Waals surface area (Å²) in [6.07, 6.45) is 4.56. The first kappa shape index (κ1) is 14.5. The van der Waals surface area contributed by atoms with E-state index in [9.17, 15) is 9.50 Å². The summed E-state index contributed by atoms with van der Waals surface area (Å²) in [5, 5.41) is 9.67. The first-order valence-corrected chi connectivity index (χ1v) is 7.13. The molecule has 1 aliphatic carbocycles. The molecule has 0 spiro atoms. The number of aliphatic hydroxyl groups is 1. The number of hydrogen-bond acceptors (Lipinski definition) is 2. The van der Waals surface area contributed by atoms with Crippen LogP contribution < -0.4 is 0 Å². The van der Waals surface area contributed by atoms with E-state index in [1.807, 2.05) is 26.1 Å². The zero-order valence-corrected chi connectivity index (χ0v) is 11.9. The summed E-state index contributed by atoms with van der Waals surface area (Å²) >= 11 is 0. The van der Waals surface area contributed by atoms with Crippen LogP contribution in [0.15, 0.2) is 24.3 Å². The van der Waals surface area contributed by atoms with Crippen LogP contribution >= 0.6 is 0 Å². The van der Waals surface area contributed by atoms with Crippen LogP contribution in [0.2, 0.25) is 0 Å². The molecule has 2 nitrogen and oxygen atoms in total. The van der Waals surface area contributed by atoms with Crippen LogP contribution in [0.5, 0.6) is 0 Å². The molecule has 1 N–H and O–H groups in total. The van der Waals surface area contributed by atoms with Gasteiger partial charge in [-0.15, -0.1) is 0 Å². The van der Waals surface area contributed by atoms with Gasteiger partial charge in [-0.05, 0) is 32.9 Å². The van der Waals surface area contributed by atoms with E-state index >= 15 is 0 Å². The molecule has 19 heavy (non-hydrogen) atoms. The Morgan fingerprint density at radius 1 is 1.32 bits per heavy atom. The minimum absolute atomic E-state index is 0.0221. The molecule has 2 rings (SSSR count). The number of nitrogens with zero attached hydrogens (tertiary/aromatic N) is 1. The average molecular weight is 265 g/mol. The van der Waals surface area contributed by atoms with Gasteiger partial charge in [0.2, 0.25) is 0 Å². The normalized spacial score (nSPS) is 19.8. The van der Waals surface area contributed by atoms with Gasteiger partial charge in [-0.2, -0.15) is 0 Å². The summed E-state index contributed by atoms with van der Waals surface area (Å²) in [7, 11) is 2.02. The first-order valence-electron chi connectivity index (χ1n) is 7.13. The quantitative estimate of drug-likeness (QED) is 0.882. The molecule has 0 saturated heterocycles. The molecular weight excluding hydrogens is 241 g/mol. The van der Waals surface area contributed by atoms with Gasteiger partial charge in [0, 0.05) is 30.2 Å². The van der Waals surface area contributed by atoms with Gasteiger partial charge in [0.25, 0.3) is 0 Å². The summed E-state index contributed by atoms with van der Waals surface area (Å²) in [5.41, 5.74) is 0.755. The van der Waals surface area contributed by atoms with E-state index < -0.39 is 0 Å². The van der Waals surface area contributed by atoms with Gasteiger partial charge < -0.3 is 5.11 Å². The Labute approximate surface area is 115 Å². The smallest absolute Gasteiger partial charge is 0.127 e. The molecule has 1 fully saturated rings. The Morgan fingerprint density at radius 2 is 1.95 bits per heavy atom. The van der Waals surface area contributed by atoms with Crippen molar-refractivity contribution < 1.29 is 9.50 Å². The predicted octanol–water partition coefficient (Wildman–Crippen LogP) is 3.37. The van der Waals surface area contributed by atoms with Crippen molar-refractivity contribution in [2.24, 2.45) is 5.41 Å². The van der Waals surface area contributed by atoms with Crippen molar-refractivity contribution in [2.45, 2.75) is 38.6 Å². The molecule has 0 heterocycles. The fraction of sp³-hybridized carbons (Fsp3) is 0.625. The summed E-state index contributed by atoms with van der Waals surface area (Å²) in [5.74, 6) is -0.147.